The highest BCUT2D eigenvalue weighted by molar-refractivity contribution is 6.01. The smallest absolute Gasteiger partial charge is 0.185 e. The van der Waals surface area contributed by atoms with Gasteiger partial charge in [0.2, 0.25) is 0 Å². The summed E-state index contributed by atoms with van der Waals surface area (Å²) >= 11 is 0. The Kier molecular flexibility index (Phi) is 5.59. The topological polar surface area (TPSA) is 91.7 Å². The van der Waals surface area contributed by atoms with Crippen LogP contribution in [0.25, 0.3) is 0 Å². The molecule has 0 N–H and O–H groups in total. The minimum atomic E-state index is -0.569. The maximum atomic E-state index is 14.0. The lowest BCUT2D eigenvalue weighted by Gasteiger charge is -2.31. The number of carbonyl (C=O) groups excluding carboxylic acids is 1. The molecule has 5 heteroatoms. The lowest BCUT2D eigenvalue weighted by atomic mass is 9.73. The van der Waals surface area contributed by atoms with Crippen molar-refractivity contribution in [3.8, 4) is 18.2 Å². The molecule has 1 saturated heterocycles. The molecule has 1 aliphatic carbocycles. The molecule has 164 valence electrons. The zero-order chi connectivity index (χ0) is 23.7. The molecule has 2 fully saturated rings. The van der Waals surface area contributed by atoms with Crippen molar-refractivity contribution in [3.05, 3.63) is 107 Å². The maximum absolute atomic E-state index is 14.0. The van der Waals surface area contributed by atoms with Crippen molar-refractivity contribution in [2.24, 2.45) is 11.8 Å². The number of fused-ring (bicyclic) bond motifs is 1. The highest BCUT2D eigenvalue weighted by Crippen LogP contribution is 2.54. The SMILES string of the molecule is N#CC1=CN2[C@H](C=C1)[C@H](C(=C(C#N)C#N)C1CC1)[C@H](c1ccccc1)[C@H]2C(=O)c1ccccc1. The van der Waals surface area contributed by atoms with Gasteiger partial charge in [0.05, 0.1) is 17.7 Å². The Hall–Kier alpha value is -4.40. The molecule has 4 atom stereocenters. The summed E-state index contributed by atoms with van der Waals surface area (Å²) in [5.41, 5.74) is 3.09. The molecule has 5 nitrogen and oxygen atoms in total. The van der Waals surface area contributed by atoms with Gasteiger partial charge in [0.1, 0.15) is 23.8 Å². The molecule has 0 unspecified atom stereocenters. The van der Waals surface area contributed by atoms with Crippen molar-refractivity contribution >= 4 is 5.78 Å². The van der Waals surface area contributed by atoms with Gasteiger partial charge >= 0.3 is 0 Å². The molecular weight excluding hydrogens is 420 g/mol. The molecule has 0 aromatic heterocycles. The second-order valence-corrected chi connectivity index (χ2v) is 8.96. The van der Waals surface area contributed by atoms with Crippen LogP contribution in [0.15, 0.2) is 95.7 Å². The standard InChI is InChI=1S/C29H22N4O/c30-15-19-11-14-24-27(25(21-12-13-21)23(16-31)17-32)26(20-7-3-1-4-8-20)28(33(24)18-19)29(34)22-9-5-2-6-10-22/h1-11,14,18,21,24,26-28H,12-13H2/t24-,26+,27-,28+/m1/s1. The number of carbonyl (C=O) groups is 1. The van der Waals surface area contributed by atoms with Crippen molar-refractivity contribution in [2.45, 2.75) is 30.8 Å². The minimum Gasteiger partial charge on any atom is -0.358 e. The number of ketones is 1. The molecule has 34 heavy (non-hydrogen) atoms. The Morgan fingerprint density at radius 1 is 0.912 bits per heavy atom. The van der Waals surface area contributed by atoms with Gasteiger partial charge in [0.25, 0.3) is 0 Å². The predicted molar refractivity (Wildman–Crippen MR) is 127 cm³/mol. The van der Waals surface area contributed by atoms with Gasteiger partial charge in [0, 0.05) is 23.6 Å². The van der Waals surface area contributed by atoms with E-state index in [-0.39, 0.29) is 35.2 Å². The summed E-state index contributed by atoms with van der Waals surface area (Å²) in [4.78, 5) is 16.0. The summed E-state index contributed by atoms with van der Waals surface area (Å²) in [6.07, 6.45) is 7.40. The monoisotopic (exact) mass is 442 g/mol. The van der Waals surface area contributed by atoms with Crippen molar-refractivity contribution in [2.75, 3.05) is 0 Å². The average Bonchev–Trinajstić information content (AvgIpc) is 3.68. The lowest BCUT2D eigenvalue weighted by molar-refractivity contribution is 0.0881. The lowest BCUT2D eigenvalue weighted by Crippen LogP contribution is -2.39. The number of hydrogen-bond acceptors (Lipinski definition) is 5. The van der Waals surface area contributed by atoms with E-state index in [1.807, 2.05) is 71.6 Å². The second kappa shape index (κ2) is 8.86. The van der Waals surface area contributed by atoms with Crippen molar-refractivity contribution in [3.63, 3.8) is 0 Å². The van der Waals surface area contributed by atoms with E-state index in [1.54, 1.807) is 12.3 Å². The Labute approximate surface area is 199 Å². The fraction of sp³-hybridized carbons (Fsp3) is 0.241. The molecule has 0 bridgehead atoms. The van der Waals surface area contributed by atoms with Gasteiger partial charge in [-0.3, -0.25) is 4.79 Å². The fourth-order valence-corrected chi connectivity index (χ4v) is 5.53. The summed E-state index contributed by atoms with van der Waals surface area (Å²) in [5, 5.41) is 29.3. The largest absolute Gasteiger partial charge is 0.358 e. The van der Waals surface area contributed by atoms with Crippen LogP contribution in [-0.2, 0) is 0 Å². The molecule has 2 aliphatic heterocycles. The number of rotatable bonds is 5. The van der Waals surface area contributed by atoms with Crippen molar-refractivity contribution < 1.29 is 4.79 Å². The summed E-state index contributed by atoms with van der Waals surface area (Å²) in [6.45, 7) is 0. The summed E-state index contributed by atoms with van der Waals surface area (Å²) in [7, 11) is 0. The molecule has 0 amide bonds. The molecule has 2 heterocycles. The van der Waals surface area contributed by atoms with E-state index in [4.69, 9.17) is 0 Å². The van der Waals surface area contributed by atoms with Gasteiger partial charge in [-0.15, -0.1) is 0 Å². The van der Waals surface area contributed by atoms with E-state index >= 15 is 0 Å². The van der Waals surface area contributed by atoms with Crippen LogP contribution in [0.4, 0.5) is 0 Å². The first kappa shape index (κ1) is 21.4. The predicted octanol–water partition coefficient (Wildman–Crippen LogP) is 5.05. The van der Waals surface area contributed by atoms with Crippen LogP contribution in [0.3, 0.4) is 0 Å². The van der Waals surface area contributed by atoms with E-state index < -0.39 is 6.04 Å². The number of Topliss-reactive ketones (excluding diaryl/α,β-unsaturated/α-hetero) is 1. The molecule has 5 rings (SSSR count). The molecule has 2 aromatic rings. The highest BCUT2D eigenvalue weighted by atomic mass is 16.1. The number of nitrogens with zero attached hydrogens (tertiary/aromatic N) is 4. The Morgan fingerprint density at radius 2 is 1.56 bits per heavy atom. The molecular formula is C29H22N4O. The van der Waals surface area contributed by atoms with E-state index in [2.05, 4.69) is 18.2 Å². The summed E-state index contributed by atoms with van der Waals surface area (Å²) < 4.78 is 0. The maximum Gasteiger partial charge on any atom is 0.185 e. The zero-order valence-electron chi connectivity index (χ0n) is 18.5. The van der Waals surface area contributed by atoms with Crippen LogP contribution in [0.2, 0.25) is 0 Å². The van der Waals surface area contributed by atoms with Gasteiger partial charge in [-0.05, 0) is 36.0 Å². The quantitative estimate of drug-likeness (QED) is 0.477. The number of hydrogen-bond donors (Lipinski definition) is 0. The Balaban J connectivity index is 1.75. The first-order valence-electron chi connectivity index (χ1n) is 11.4. The average molecular weight is 443 g/mol. The van der Waals surface area contributed by atoms with Gasteiger partial charge in [0.15, 0.2) is 5.78 Å². The molecule has 2 aromatic carbocycles. The van der Waals surface area contributed by atoms with E-state index in [9.17, 15) is 20.6 Å². The molecule has 3 aliphatic rings. The van der Waals surface area contributed by atoms with Crippen LogP contribution in [0.5, 0.6) is 0 Å². The Bertz CT molecular complexity index is 1310. The van der Waals surface area contributed by atoms with Gasteiger partial charge < -0.3 is 4.90 Å². The highest BCUT2D eigenvalue weighted by Gasteiger charge is 2.55. The second-order valence-electron chi connectivity index (χ2n) is 8.96. The normalized spacial score (nSPS) is 24.7. The fourth-order valence-electron chi connectivity index (χ4n) is 5.53. The van der Waals surface area contributed by atoms with Crippen LogP contribution in [0.1, 0.15) is 34.7 Å². The zero-order valence-corrected chi connectivity index (χ0v) is 18.5. The molecule has 0 radical (unpaired) electrons. The van der Waals surface area contributed by atoms with E-state index in [0.29, 0.717) is 11.1 Å². The van der Waals surface area contributed by atoms with Gasteiger partial charge in [-0.25, -0.2) is 0 Å². The van der Waals surface area contributed by atoms with Gasteiger partial charge in [-0.2, -0.15) is 15.8 Å². The summed E-state index contributed by atoms with van der Waals surface area (Å²) in [6, 6.07) is 24.8. The molecule has 1 saturated carbocycles. The van der Waals surface area contributed by atoms with E-state index in [0.717, 1.165) is 24.0 Å². The van der Waals surface area contributed by atoms with Crippen LogP contribution < -0.4 is 0 Å². The first-order chi connectivity index (χ1) is 16.7. The van der Waals surface area contributed by atoms with Crippen LogP contribution in [-0.4, -0.2) is 22.8 Å². The summed E-state index contributed by atoms with van der Waals surface area (Å²) in [5.74, 6) is -0.358. The number of benzene rings is 2. The Morgan fingerprint density at radius 3 is 2.15 bits per heavy atom. The van der Waals surface area contributed by atoms with Crippen molar-refractivity contribution in [1.82, 2.24) is 4.90 Å². The third-order valence-electron chi connectivity index (χ3n) is 7.05. The van der Waals surface area contributed by atoms with E-state index in [1.165, 1.54) is 0 Å². The third kappa shape index (κ3) is 3.61. The first-order valence-corrected chi connectivity index (χ1v) is 11.4. The minimum absolute atomic E-state index is 0.0311. The number of allylic oxidation sites excluding steroid dienone is 3. The third-order valence-corrected chi connectivity index (χ3v) is 7.05. The van der Waals surface area contributed by atoms with Crippen LogP contribution >= 0.6 is 0 Å². The van der Waals surface area contributed by atoms with Crippen molar-refractivity contribution in [1.29, 1.82) is 15.8 Å². The van der Waals surface area contributed by atoms with Gasteiger partial charge in [-0.1, -0.05) is 66.7 Å². The van der Waals surface area contributed by atoms with Crippen LogP contribution in [0, 0.1) is 45.8 Å². The number of nitriles is 3. The molecule has 0 spiro atoms.